The molecule has 2 heterocycles. The molecule has 10 heteroatoms. The number of benzene rings is 2. The van der Waals surface area contributed by atoms with Crippen molar-refractivity contribution in [3.63, 3.8) is 0 Å². The first-order chi connectivity index (χ1) is 17.3. The molecule has 3 aromatic rings. The molecule has 1 unspecified atom stereocenters. The van der Waals surface area contributed by atoms with E-state index in [-0.39, 0.29) is 22.7 Å². The number of carbonyl (C=O) groups is 2. The Bertz CT molecular complexity index is 1450. The lowest BCUT2D eigenvalue weighted by molar-refractivity contribution is -0.139. The molecule has 0 aliphatic carbocycles. The molecule has 9 nitrogen and oxygen atoms in total. The number of ether oxygens (including phenoxy) is 2. The summed E-state index contributed by atoms with van der Waals surface area (Å²) >= 11 is 6.59. The monoisotopic (exact) mass is 503 g/mol. The third kappa shape index (κ3) is 4.19. The number of nitrogens with two attached hydrogens (primary N) is 1. The molecule has 0 spiro atoms. The Morgan fingerprint density at radius 2 is 1.78 bits per heavy atom. The summed E-state index contributed by atoms with van der Waals surface area (Å²) in [5.41, 5.74) is 8.65. The Morgan fingerprint density at radius 3 is 2.33 bits per heavy atom. The predicted molar refractivity (Wildman–Crippen MR) is 133 cm³/mol. The van der Waals surface area contributed by atoms with Crippen LogP contribution in [-0.4, -0.2) is 35.9 Å². The number of methoxy groups -OCH3 is 2. The van der Waals surface area contributed by atoms with Crippen LogP contribution in [0.4, 0.5) is 5.69 Å². The van der Waals surface area contributed by atoms with E-state index in [9.17, 15) is 14.9 Å². The van der Waals surface area contributed by atoms with Gasteiger partial charge in [0.1, 0.15) is 11.5 Å². The molecule has 2 aromatic carbocycles. The van der Waals surface area contributed by atoms with E-state index in [1.165, 1.54) is 19.1 Å². The SMILES string of the molecule is COC(=O)C1=C(C(=O)OC)N(c2ccc(-n3ccc(C)n3)c(Cl)c2)C(N)=C(C#N)C1c1ccccc1. The third-order valence-corrected chi connectivity index (χ3v) is 6.07. The largest absolute Gasteiger partial charge is 0.466 e. The highest BCUT2D eigenvalue weighted by molar-refractivity contribution is 6.32. The standard InChI is InChI=1S/C26H22ClN5O4/c1-15-11-12-31(30-15)20-10-9-17(13-19(20)27)32-23(26(34)36-3)22(25(33)35-2)21(18(14-28)24(32)29)16-7-5-4-6-8-16/h4-13,21H,29H2,1-3H3. The van der Waals surface area contributed by atoms with Crippen LogP contribution in [0.5, 0.6) is 0 Å². The second kappa shape index (κ2) is 9.98. The number of allylic oxidation sites excluding steroid dienone is 1. The summed E-state index contributed by atoms with van der Waals surface area (Å²) in [7, 11) is 2.39. The number of hydrogen-bond acceptors (Lipinski definition) is 8. The summed E-state index contributed by atoms with van der Waals surface area (Å²) in [6.45, 7) is 1.85. The first-order valence-electron chi connectivity index (χ1n) is 10.8. The van der Waals surface area contributed by atoms with Crippen molar-refractivity contribution in [1.82, 2.24) is 9.78 Å². The van der Waals surface area contributed by atoms with Crippen LogP contribution in [0.2, 0.25) is 5.02 Å². The fourth-order valence-electron chi connectivity index (χ4n) is 4.15. The Labute approximate surface area is 212 Å². The number of nitrogens with zero attached hydrogens (tertiary/aromatic N) is 4. The highest BCUT2D eigenvalue weighted by Crippen LogP contribution is 2.43. The summed E-state index contributed by atoms with van der Waals surface area (Å²) in [5.74, 6) is -2.63. The number of nitriles is 1. The minimum absolute atomic E-state index is 0.0434. The topological polar surface area (TPSA) is 123 Å². The van der Waals surface area contributed by atoms with Gasteiger partial charge in [-0.15, -0.1) is 0 Å². The Balaban J connectivity index is 1.99. The van der Waals surface area contributed by atoms with Crippen molar-refractivity contribution in [2.45, 2.75) is 12.8 Å². The van der Waals surface area contributed by atoms with Gasteiger partial charge < -0.3 is 15.2 Å². The quantitative estimate of drug-likeness (QED) is 0.522. The minimum atomic E-state index is -0.948. The van der Waals surface area contributed by atoms with Crippen LogP contribution >= 0.6 is 11.6 Å². The van der Waals surface area contributed by atoms with Crippen LogP contribution in [0.3, 0.4) is 0 Å². The second-order valence-electron chi connectivity index (χ2n) is 7.87. The molecular formula is C26H22ClN5O4. The van der Waals surface area contributed by atoms with Crippen molar-refractivity contribution >= 4 is 29.2 Å². The van der Waals surface area contributed by atoms with Gasteiger partial charge in [0.15, 0.2) is 0 Å². The average Bonchev–Trinajstić information content (AvgIpc) is 3.33. The van der Waals surface area contributed by atoms with Gasteiger partial charge in [-0.25, -0.2) is 14.3 Å². The normalized spacial score (nSPS) is 15.5. The predicted octanol–water partition coefficient (Wildman–Crippen LogP) is 3.73. The number of rotatable bonds is 5. The number of aromatic nitrogens is 2. The number of aryl methyl sites for hydroxylation is 1. The van der Waals surface area contributed by atoms with E-state index in [2.05, 4.69) is 11.2 Å². The van der Waals surface area contributed by atoms with Gasteiger partial charge in [0, 0.05) is 11.9 Å². The fraction of sp³-hybridized carbons (Fsp3) is 0.154. The van der Waals surface area contributed by atoms with Crippen LogP contribution in [0.25, 0.3) is 5.69 Å². The van der Waals surface area contributed by atoms with Gasteiger partial charge >= 0.3 is 11.9 Å². The summed E-state index contributed by atoms with van der Waals surface area (Å²) in [5, 5.41) is 14.8. The lowest BCUT2D eigenvalue weighted by Crippen LogP contribution is -2.40. The summed E-state index contributed by atoms with van der Waals surface area (Å²) in [4.78, 5) is 27.5. The van der Waals surface area contributed by atoms with Crippen LogP contribution < -0.4 is 10.6 Å². The smallest absolute Gasteiger partial charge is 0.355 e. The van der Waals surface area contributed by atoms with Crippen LogP contribution in [0.1, 0.15) is 17.2 Å². The van der Waals surface area contributed by atoms with E-state index in [0.29, 0.717) is 22.0 Å². The molecular weight excluding hydrogens is 482 g/mol. The molecule has 36 heavy (non-hydrogen) atoms. The number of esters is 2. The van der Waals surface area contributed by atoms with Crippen LogP contribution in [0, 0.1) is 18.3 Å². The molecule has 0 fully saturated rings. The van der Waals surface area contributed by atoms with E-state index in [0.717, 1.165) is 5.69 Å². The molecule has 0 saturated heterocycles. The van der Waals surface area contributed by atoms with Gasteiger partial charge in [0.2, 0.25) is 0 Å². The van der Waals surface area contributed by atoms with Gasteiger partial charge in [0.05, 0.1) is 53.8 Å². The summed E-state index contributed by atoms with van der Waals surface area (Å²) < 4.78 is 11.7. The number of carbonyl (C=O) groups excluding carboxylic acids is 2. The molecule has 1 aliphatic heterocycles. The molecule has 1 aromatic heterocycles. The van der Waals surface area contributed by atoms with E-state index in [1.54, 1.807) is 59.4 Å². The van der Waals surface area contributed by atoms with Crippen LogP contribution in [0.15, 0.2) is 83.5 Å². The van der Waals surface area contributed by atoms with Crippen molar-refractivity contribution in [2.75, 3.05) is 19.1 Å². The second-order valence-corrected chi connectivity index (χ2v) is 8.28. The maximum atomic E-state index is 13.1. The zero-order valence-electron chi connectivity index (χ0n) is 19.7. The maximum Gasteiger partial charge on any atom is 0.355 e. The van der Waals surface area contributed by atoms with Gasteiger partial charge in [0.25, 0.3) is 0 Å². The summed E-state index contributed by atoms with van der Waals surface area (Å²) in [6, 6.07) is 17.6. The van der Waals surface area contributed by atoms with Gasteiger partial charge in [-0.2, -0.15) is 10.4 Å². The third-order valence-electron chi connectivity index (χ3n) is 5.77. The lowest BCUT2D eigenvalue weighted by Gasteiger charge is -2.36. The molecule has 2 N–H and O–H groups in total. The number of hydrogen-bond donors (Lipinski definition) is 1. The maximum absolute atomic E-state index is 13.1. The minimum Gasteiger partial charge on any atom is -0.466 e. The molecule has 1 aliphatic rings. The van der Waals surface area contributed by atoms with Crippen molar-refractivity contribution < 1.29 is 19.1 Å². The first kappa shape index (κ1) is 24.6. The molecule has 182 valence electrons. The van der Waals surface area contributed by atoms with Gasteiger partial charge in [-0.1, -0.05) is 41.9 Å². The Hall–Kier alpha value is -4.55. The molecule has 0 saturated carbocycles. The zero-order chi connectivity index (χ0) is 26.0. The molecule has 0 bridgehead atoms. The van der Waals surface area contributed by atoms with E-state index >= 15 is 0 Å². The van der Waals surface area contributed by atoms with Crippen molar-refractivity contribution in [3.8, 4) is 11.8 Å². The highest BCUT2D eigenvalue weighted by Gasteiger charge is 2.43. The molecule has 4 rings (SSSR count). The molecule has 0 radical (unpaired) electrons. The highest BCUT2D eigenvalue weighted by atomic mass is 35.5. The zero-order valence-corrected chi connectivity index (χ0v) is 20.5. The van der Waals surface area contributed by atoms with Gasteiger partial charge in [-0.3, -0.25) is 4.90 Å². The molecule has 0 amide bonds. The number of anilines is 1. The van der Waals surface area contributed by atoms with E-state index in [4.69, 9.17) is 26.8 Å². The fourth-order valence-corrected chi connectivity index (χ4v) is 4.41. The average molecular weight is 504 g/mol. The first-order valence-corrected chi connectivity index (χ1v) is 11.2. The van der Waals surface area contributed by atoms with Crippen LogP contribution in [-0.2, 0) is 19.1 Å². The van der Waals surface area contributed by atoms with Crippen molar-refractivity contribution in [2.24, 2.45) is 5.73 Å². The Kier molecular flexibility index (Phi) is 6.81. The van der Waals surface area contributed by atoms with Crippen molar-refractivity contribution in [1.29, 1.82) is 5.26 Å². The van der Waals surface area contributed by atoms with E-state index < -0.39 is 17.9 Å². The molecule has 1 atom stereocenters. The Morgan fingerprint density at radius 1 is 1.08 bits per heavy atom. The van der Waals surface area contributed by atoms with Gasteiger partial charge in [-0.05, 0) is 36.8 Å². The lowest BCUT2D eigenvalue weighted by atomic mass is 9.81. The van der Waals surface area contributed by atoms with Crippen molar-refractivity contribution in [3.05, 3.63) is 99.7 Å². The van der Waals surface area contributed by atoms with E-state index in [1.807, 2.05) is 13.0 Å². The number of halogens is 1. The summed E-state index contributed by atoms with van der Waals surface area (Å²) in [6.07, 6.45) is 1.76.